The van der Waals surface area contributed by atoms with Crippen LogP contribution in [0.3, 0.4) is 0 Å². The number of anilines is 2. The maximum atomic E-state index is 12.7. The van der Waals surface area contributed by atoms with Crippen molar-refractivity contribution in [1.82, 2.24) is 14.7 Å². The third-order valence-electron chi connectivity index (χ3n) is 5.79. The number of carbonyl (C=O) groups excluding carboxylic acids is 2. The van der Waals surface area contributed by atoms with E-state index in [4.69, 9.17) is 4.74 Å². The predicted molar refractivity (Wildman–Crippen MR) is 106 cm³/mol. The summed E-state index contributed by atoms with van der Waals surface area (Å²) in [6.07, 6.45) is 1.81. The SMILES string of the molecule is COc1ccccc1NC(=O)N1CCC2(CC1)CC(=O)N(C)c1cc(C)nn12. The van der Waals surface area contributed by atoms with Crippen LogP contribution in [0.4, 0.5) is 16.3 Å². The first-order valence-corrected chi connectivity index (χ1v) is 9.46. The van der Waals surface area contributed by atoms with Gasteiger partial charge in [-0.25, -0.2) is 9.48 Å². The number of nitrogens with one attached hydrogen (secondary N) is 1. The maximum Gasteiger partial charge on any atom is 0.321 e. The molecular weight excluding hydrogens is 358 g/mol. The Morgan fingerprint density at radius 2 is 1.96 bits per heavy atom. The Morgan fingerprint density at radius 3 is 2.68 bits per heavy atom. The van der Waals surface area contributed by atoms with Gasteiger partial charge in [-0.2, -0.15) is 5.10 Å². The van der Waals surface area contributed by atoms with Crippen LogP contribution >= 0.6 is 0 Å². The smallest absolute Gasteiger partial charge is 0.321 e. The van der Waals surface area contributed by atoms with Gasteiger partial charge in [-0.15, -0.1) is 0 Å². The molecule has 2 aliphatic rings. The van der Waals surface area contributed by atoms with Crippen LogP contribution in [-0.4, -0.2) is 53.9 Å². The van der Waals surface area contributed by atoms with Crippen LogP contribution in [0, 0.1) is 6.92 Å². The lowest BCUT2D eigenvalue weighted by Gasteiger charge is -2.45. The number of urea groups is 1. The van der Waals surface area contributed by atoms with Crippen molar-refractivity contribution in [3.05, 3.63) is 36.0 Å². The molecular formula is C20H25N5O3. The molecule has 2 aromatic rings. The van der Waals surface area contributed by atoms with Gasteiger partial charge < -0.3 is 19.9 Å². The minimum absolute atomic E-state index is 0.0966. The van der Waals surface area contributed by atoms with E-state index >= 15 is 0 Å². The number of aryl methyl sites for hydroxylation is 1. The Kier molecular flexibility index (Phi) is 4.49. The summed E-state index contributed by atoms with van der Waals surface area (Å²) >= 11 is 0. The number of benzene rings is 1. The molecule has 1 aromatic carbocycles. The summed E-state index contributed by atoms with van der Waals surface area (Å²) in [4.78, 5) is 28.7. The lowest BCUT2D eigenvalue weighted by Crippen LogP contribution is -2.54. The average molecular weight is 383 g/mol. The van der Waals surface area contributed by atoms with Gasteiger partial charge in [-0.1, -0.05) is 12.1 Å². The van der Waals surface area contributed by atoms with E-state index in [1.165, 1.54) is 0 Å². The Balaban J connectivity index is 1.49. The molecule has 1 N–H and O–H groups in total. The third kappa shape index (κ3) is 2.98. The zero-order chi connectivity index (χ0) is 19.9. The molecule has 1 spiro atoms. The quantitative estimate of drug-likeness (QED) is 0.864. The number of aromatic nitrogens is 2. The lowest BCUT2D eigenvalue weighted by atomic mass is 9.83. The highest BCUT2D eigenvalue weighted by Crippen LogP contribution is 2.41. The molecule has 0 bridgehead atoms. The number of nitrogens with zero attached hydrogens (tertiary/aromatic N) is 4. The van der Waals surface area contributed by atoms with Gasteiger partial charge in [-0.05, 0) is 31.9 Å². The highest BCUT2D eigenvalue weighted by molar-refractivity contribution is 5.94. The van der Waals surface area contributed by atoms with Crippen LogP contribution in [0.2, 0.25) is 0 Å². The minimum Gasteiger partial charge on any atom is -0.495 e. The van der Waals surface area contributed by atoms with E-state index in [1.807, 2.05) is 41.9 Å². The summed E-state index contributed by atoms with van der Waals surface area (Å²) in [5.74, 6) is 1.56. The number of hydrogen-bond acceptors (Lipinski definition) is 4. The highest BCUT2D eigenvalue weighted by atomic mass is 16.5. The fraction of sp³-hybridized carbons (Fsp3) is 0.450. The topological polar surface area (TPSA) is 79.7 Å². The van der Waals surface area contributed by atoms with Gasteiger partial charge in [0.1, 0.15) is 11.6 Å². The van der Waals surface area contributed by atoms with Crippen LogP contribution < -0.4 is 15.0 Å². The van der Waals surface area contributed by atoms with Crippen molar-refractivity contribution >= 4 is 23.4 Å². The van der Waals surface area contributed by atoms with E-state index in [-0.39, 0.29) is 17.5 Å². The van der Waals surface area contributed by atoms with Gasteiger partial charge in [0.15, 0.2) is 0 Å². The van der Waals surface area contributed by atoms with Gasteiger partial charge in [0.25, 0.3) is 0 Å². The molecule has 1 fully saturated rings. The number of amides is 3. The fourth-order valence-corrected chi connectivity index (χ4v) is 4.13. The molecule has 0 aliphatic carbocycles. The molecule has 0 unspecified atom stereocenters. The molecule has 2 aliphatic heterocycles. The first kappa shape index (κ1) is 18.3. The number of likely N-dealkylation sites (tertiary alicyclic amines) is 1. The number of fused-ring (bicyclic) bond motifs is 2. The zero-order valence-electron chi connectivity index (χ0n) is 16.4. The van der Waals surface area contributed by atoms with Crippen molar-refractivity contribution in [2.45, 2.75) is 31.7 Å². The van der Waals surface area contributed by atoms with Crippen molar-refractivity contribution in [2.24, 2.45) is 0 Å². The van der Waals surface area contributed by atoms with Gasteiger partial charge in [-0.3, -0.25) is 4.79 Å². The highest BCUT2D eigenvalue weighted by Gasteiger charge is 2.45. The number of hydrogen-bond donors (Lipinski definition) is 1. The van der Waals surface area contributed by atoms with Crippen LogP contribution in [0.5, 0.6) is 5.75 Å². The van der Waals surface area contributed by atoms with Gasteiger partial charge in [0.05, 0.1) is 30.5 Å². The van der Waals surface area contributed by atoms with E-state index < -0.39 is 0 Å². The lowest BCUT2D eigenvalue weighted by molar-refractivity contribution is -0.122. The minimum atomic E-state index is -0.353. The molecule has 0 atom stereocenters. The molecule has 148 valence electrons. The third-order valence-corrected chi connectivity index (χ3v) is 5.79. The predicted octanol–water partition coefficient (Wildman–Crippen LogP) is 2.59. The number of carbonyl (C=O) groups is 2. The molecule has 3 heterocycles. The second-order valence-electron chi connectivity index (χ2n) is 7.53. The Bertz CT molecular complexity index is 914. The fourth-order valence-electron chi connectivity index (χ4n) is 4.13. The van der Waals surface area contributed by atoms with Crippen molar-refractivity contribution < 1.29 is 14.3 Å². The average Bonchev–Trinajstić information content (AvgIpc) is 3.10. The Hall–Kier alpha value is -3.03. The molecule has 4 rings (SSSR count). The first-order valence-electron chi connectivity index (χ1n) is 9.46. The van der Waals surface area contributed by atoms with Gasteiger partial charge in [0, 0.05) is 26.2 Å². The van der Waals surface area contributed by atoms with Crippen molar-refractivity contribution in [1.29, 1.82) is 0 Å². The Morgan fingerprint density at radius 1 is 1.25 bits per heavy atom. The monoisotopic (exact) mass is 383 g/mol. The molecule has 8 heteroatoms. The van der Waals surface area contributed by atoms with Crippen LogP contribution in [0.1, 0.15) is 25.0 Å². The van der Waals surface area contributed by atoms with Gasteiger partial charge >= 0.3 is 6.03 Å². The van der Waals surface area contributed by atoms with E-state index in [0.717, 1.165) is 11.5 Å². The summed E-state index contributed by atoms with van der Waals surface area (Å²) < 4.78 is 7.30. The summed E-state index contributed by atoms with van der Waals surface area (Å²) in [7, 11) is 3.37. The number of para-hydroxylation sites is 2. The standard InChI is InChI=1S/C20H25N5O3/c1-14-12-17-23(2)18(26)13-20(25(17)22-14)8-10-24(11-9-20)19(27)21-15-6-4-5-7-16(15)28-3/h4-7,12H,8-11,13H2,1-3H3,(H,21,27). The van der Waals surface area contributed by atoms with Crippen LogP contribution in [-0.2, 0) is 10.3 Å². The number of methoxy groups -OCH3 is 1. The molecule has 8 nitrogen and oxygen atoms in total. The molecule has 1 saturated heterocycles. The molecule has 3 amide bonds. The number of piperidine rings is 1. The zero-order valence-corrected chi connectivity index (χ0v) is 16.4. The van der Waals surface area contributed by atoms with Crippen molar-refractivity contribution in [3.8, 4) is 5.75 Å². The van der Waals surface area contributed by atoms with Crippen molar-refractivity contribution in [3.63, 3.8) is 0 Å². The number of rotatable bonds is 2. The second kappa shape index (κ2) is 6.85. The summed E-state index contributed by atoms with van der Waals surface area (Å²) in [6, 6.07) is 9.13. The molecule has 0 radical (unpaired) electrons. The first-order chi connectivity index (χ1) is 13.4. The van der Waals surface area contributed by atoms with Crippen LogP contribution in [0.15, 0.2) is 30.3 Å². The molecule has 1 aromatic heterocycles. The summed E-state index contributed by atoms with van der Waals surface area (Å²) in [5, 5.41) is 7.59. The van der Waals surface area contributed by atoms with Gasteiger partial charge in [0.2, 0.25) is 5.91 Å². The van der Waals surface area contributed by atoms with E-state index in [2.05, 4.69) is 10.4 Å². The van der Waals surface area contributed by atoms with E-state index in [0.29, 0.717) is 43.8 Å². The van der Waals surface area contributed by atoms with Crippen LogP contribution in [0.25, 0.3) is 0 Å². The second-order valence-corrected chi connectivity index (χ2v) is 7.53. The molecule has 28 heavy (non-hydrogen) atoms. The van der Waals surface area contributed by atoms with Crippen molar-refractivity contribution in [2.75, 3.05) is 37.5 Å². The Labute approximate surface area is 164 Å². The summed E-state index contributed by atoms with van der Waals surface area (Å²) in [6.45, 7) is 3.07. The normalized spacial score (nSPS) is 18.2. The maximum absolute atomic E-state index is 12.7. The molecule has 0 saturated carbocycles. The largest absolute Gasteiger partial charge is 0.495 e. The van der Waals surface area contributed by atoms with E-state index in [9.17, 15) is 9.59 Å². The summed E-state index contributed by atoms with van der Waals surface area (Å²) in [5.41, 5.74) is 1.19. The number of ether oxygens (including phenoxy) is 1. The van der Waals surface area contributed by atoms with E-state index in [1.54, 1.807) is 24.0 Å².